The topological polar surface area (TPSA) is 15.3 Å². The molecule has 1 aliphatic carbocycles. The van der Waals surface area contributed by atoms with Crippen LogP contribution in [0.3, 0.4) is 0 Å². The average molecular weight is 276 g/mol. The highest BCUT2D eigenvalue weighted by Crippen LogP contribution is 2.23. The van der Waals surface area contributed by atoms with Crippen LogP contribution >= 0.6 is 12.2 Å². The van der Waals surface area contributed by atoms with Crippen LogP contribution in [0.4, 0.5) is 5.69 Å². The molecular formula is C16H24N2S. The molecule has 1 aromatic carbocycles. The fraction of sp³-hybridized carbons (Fsp3) is 0.562. The number of hydrogen-bond acceptors (Lipinski definition) is 1. The average Bonchev–Trinajstić information content (AvgIpc) is 2.41. The van der Waals surface area contributed by atoms with Crippen LogP contribution < -0.4 is 5.32 Å². The molecule has 1 saturated carbocycles. The number of aryl methyl sites for hydroxylation is 1. The van der Waals surface area contributed by atoms with Crippen LogP contribution in [-0.4, -0.2) is 22.6 Å². The van der Waals surface area contributed by atoms with Gasteiger partial charge in [0.15, 0.2) is 5.11 Å². The minimum Gasteiger partial charge on any atom is -0.346 e. The van der Waals surface area contributed by atoms with Crippen LogP contribution in [0.25, 0.3) is 0 Å². The highest BCUT2D eigenvalue weighted by atomic mass is 32.1. The van der Waals surface area contributed by atoms with Crippen LogP contribution in [0.2, 0.25) is 0 Å². The lowest BCUT2D eigenvalue weighted by Crippen LogP contribution is -2.43. The number of nitrogens with zero attached hydrogens (tertiary/aromatic N) is 1. The summed E-state index contributed by atoms with van der Waals surface area (Å²) in [7, 11) is 0. The Kier molecular flexibility index (Phi) is 5.20. The van der Waals surface area contributed by atoms with E-state index in [2.05, 4.69) is 48.3 Å². The molecule has 1 aliphatic rings. The van der Waals surface area contributed by atoms with Crippen molar-refractivity contribution in [3.63, 3.8) is 0 Å². The number of anilines is 1. The zero-order chi connectivity index (χ0) is 13.7. The molecule has 0 atom stereocenters. The van der Waals surface area contributed by atoms with E-state index in [1.807, 2.05) is 0 Å². The number of benzene rings is 1. The smallest absolute Gasteiger partial charge is 0.173 e. The highest BCUT2D eigenvalue weighted by molar-refractivity contribution is 7.80. The maximum atomic E-state index is 5.60. The van der Waals surface area contributed by atoms with Crippen LogP contribution in [0, 0.1) is 6.92 Å². The molecule has 0 heterocycles. The molecule has 1 fully saturated rings. The van der Waals surface area contributed by atoms with Gasteiger partial charge in [0.2, 0.25) is 0 Å². The van der Waals surface area contributed by atoms with E-state index in [0.717, 1.165) is 17.3 Å². The molecule has 0 aliphatic heterocycles. The summed E-state index contributed by atoms with van der Waals surface area (Å²) in [6.07, 6.45) is 6.63. The van der Waals surface area contributed by atoms with Crippen LogP contribution in [0.5, 0.6) is 0 Å². The molecule has 1 N–H and O–H groups in total. The largest absolute Gasteiger partial charge is 0.346 e. The molecule has 0 aromatic heterocycles. The SMILES string of the molecule is CCN(C(=S)Nc1cccc(C)c1)C1CCCCC1. The second-order valence-corrected chi connectivity index (χ2v) is 5.76. The summed E-state index contributed by atoms with van der Waals surface area (Å²) in [4.78, 5) is 2.36. The van der Waals surface area contributed by atoms with Gasteiger partial charge in [0.25, 0.3) is 0 Å². The van der Waals surface area contributed by atoms with E-state index in [1.54, 1.807) is 0 Å². The zero-order valence-corrected chi connectivity index (χ0v) is 12.8. The van der Waals surface area contributed by atoms with Crippen molar-refractivity contribution in [2.45, 2.75) is 52.0 Å². The van der Waals surface area contributed by atoms with E-state index in [4.69, 9.17) is 12.2 Å². The van der Waals surface area contributed by atoms with Crippen molar-refractivity contribution in [2.24, 2.45) is 0 Å². The molecule has 0 unspecified atom stereocenters. The molecule has 0 saturated heterocycles. The van der Waals surface area contributed by atoms with E-state index in [1.165, 1.54) is 37.7 Å². The van der Waals surface area contributed by atoms with Gasteiger partial charge >= 0.3 is 0 Å². The molecule has 0 spiro atoms. The lowest BCUT2D eigenvalue weighted by molar-refractivity contribution is 0.255. The molecule has 0 amide bonds. The minimum atomic E-state index is 0.628. The summed E-state index contributed by atoms with van der Waals surface area (Å²) in [6.45, 7) is 5.29. The standard InChI is InChI=1S/C16H24N2S/c1-3-18(15-10-5-4-6-11-15)16(19)17-14-9-7-8-13(2)12-14/h7-9,12,15H,3-6,10-11H2,1-2H3,(H,17,19). The maximum Gasteiger partial charge on any atom is 0.173 e. The van der Waals surface area contributed by atoms with Crippen molar-refractivity contribution in [2.75, 3.05) is 11.9 Å². The summed E-state index contributed by atoms with van der Waals surface area (Å²) in [5.74, 6) is 0. The van der Waals surface area contributed by atoms with Gasteiger partial charge in [-0.15, -0.1) is 0 Å². The lowest BCUT2D eigenvalue weighted by atomic mass is 9.94. The Morgan fingerprint density at radius 1 is 1.32 bits per heavy atom. The number of thiocarbonyl (C=S) groups is 1. The van der Waals surface area contributed by atoms with Crippen LogP contribution in [0.1, 0.15) is 44.6 Å². The van der Waals surface area contributed by atoms with Gasteiger partial charge in [0, 0.05) is 18.3 Å². The van der Waals surface area contributed by atoms with Gasteiger partial charge in [-0.2, -0.15) is 0 Å². The van der Waals surface area contributed by atoms with E-state index in [-0.39, 0.29) is 0 Å². The van der Waals surface area contributed by atoms with Gasteiger partial charge in [0.05, 0.1) is 0 Å². The molecular weight excluding hydrogens is 252 g/mol. The first-order valence-corrected chi connectivity index (χ1v) is 7.76. The van der Waals surface area contributed by atoms with E-state index in [0.29, 0.717) is 6.04 Å². The van der Waals surface area contributed by atoms with Crippen molar-refractivity contribution < 1.29 is 0 Å². The van der Waals surface area contributed by atoms with E-state index >= 15 is 0 Å². The monoisotopic (exact) mass is 276 g/mol. The minimum absolute atomic E-state index is 0.628. The van der Waals surface area contributed by atoms with Crippen molar-refractivity contribution in [3.8, 4) is 0 Å². The van der Waals surface area contributed by atoms with Crippen molar-refractivity contribution in [1.82, 2.24) is 4.90 Å². The number of hydrogen-bond donors (Lipinski definition) is 1. The molecule has 104 valence electrons. The molecule has 0 radical (unpaired) electrons. The van der Waals surface area contributed by atoms with Gasteiger partial charge in [-0.05, 0) is 56.6 Å². The van der Waals surface area contributed by atoms with Gasteiger partial charge in [-0.3, -0.25) is 0 Å². The third kappa shape index (κ3) is 3.93. The third-order valence-corrected chi connectivity index (χ3v) is 4.22. The van der Waals surface area contributed by atoms with Gasteiger partial charge < -0.3 is 10.2 Å². The van der Waals surface area contributed by atoms with E-state index < -0.39 is 0 Å². The Morgan fingerprint density at radius 2 is 2.05 bits per heavy atom. The summed E-state index contributed by atoms with van der Waals surface area (Å²) in [5, 5.41) is 4.26. The third-order valence-electron chi connectivity index (χ3n) is 3.89. The fourth-order valence-corrected chi connectivity index (χ4v) is 3.27. The second kappa shape index (κ2) is 6.90. The Labute approximate surface area is 122 Å². The predicted molar refractivity (Wildman–Crippen MR) is 86.7 cm³/mol. The zero-order valence-electron chi connectivity index (χ0n) is 12.0. The summed E-state index contributed by atoms with van der Waals surface area (Å²) >= 11 is 5.60. The molecule has 1 aromatic rings. The summed E-state index contributed by atoms with van der Waals surface area (Å²) < 4.78 is 0. The van der Waals surface area contributed by atoms with E-state index in [9.17, 15) is 0 Å². The first-order chi connectivity index (χ1) is 9.20. The fourth-order valence-electron chi connectivity index (χ4n) is 2.88. The molecule has 2 rings (SSSR count). The molecule has 0 bridgehead atoms. The second-order valence-electron chi connectivity index (χ2n) is 5.38. The normalized spacial score (nSPS) is 16.1. The first kappa shape index (κ1) is 14.3. The quantitative estimate of drug-likeness (QED) is 0.826. The van der Waals surface area contributed by atoms with Crippen LogP contribution in [0.15, 0.2) is 24.3 Å². The van der Waals surface area contributed by atoms with Crippen molar-refractivity contribution in [1.29, 1.82) is 0 Å². The highest BCUT2D eigenvalue weighted by Gasteiger charge is 2.21. The predicted octanol–water partition coefficient (Wildman–Crippen LogP) is 4.35. The Balaban J connectivity index is 2.00. The molecule has 2 nitrogen and oxygen atoms in total. The van der Waals surface area contributed by atoms with Crippen LogP contribution in [-0.2, 0) is 0 Å². The van der Waals surface area contributed by atoms with Gasteiger partial charge in [-0.1, -0.05) is 31.4 Å². The Bertz CT molecular complexity index is 425. The van der Waals surface area contributed by atoms with Crippen molar-refractivity contribution >= 4 is 23.0 Å². The summed E-state index contributed by atoms with van der Waals surface area (Å²) in [6, 6.07) is 9.02. The molecule has 3 heteroatoms. The lowest BCUT2D eigenvalue weighted by Gasteiger charge is -2.35. The van der Waals surface area contributed by atoms with Gasteiger partial charge in [0.1, 0.15) is 0 Å². The number of nitrogens with one attached hydrogen (secondary N) is 1. The number of rotatable bonds is 3. The van der Waals surface area contributed by atoms with Gasteiger partial charge in [-0.25, -0.2) is 0 Å². The van der Waals surface area contributed by atoms with Crippen molar-refractivity contribution in [3.05, 3.63) is 29.8 Å². The molecule has 19 heavy (non-hydrogen) atoms. The maximum absolute atomic E-state index is 5.60. The summed E-state index contributed by atoms with van der Waals surface area (Å²) in [5.41, 5.74) is 2.35. The first-order valence-electron chi connectivity index (χ1n) is 7.35. The Morgan fingerprint density at radius 3 is 2.68 bits per heavy atom. The Hall–Kier alpha value is -1.09.